The number of morpholine rings is 1. The van der Waals surface area contributed by atoms with Gasteiger partial charge in [-0.3, -0.25) is 4.90 Å². The molecule has 10 heteroatoms. The van der Waals surface area contributed by atoms with Crippen molar-refractivity contribution >= 4 is 35.1 Å². The molecular weight excluding hydrogens is 468 g/mol. The number of fused-ring (bicyclic) bond motifs is 2. The molecule has 0 aliphatic carbocycles. The number of nitrogens with zero attached hydrogens (tertiary/aromatic N) is 4. The predicted molar refractivity (Wildman–Crippen MR) is 135 cm³/mol. The standard InChI is InChI=1S/C25H31ClN6O3/c1-33-25-29-23(9-24(30-25)32-11-19-7-17(32)14-35-19)28-22-8-20(21(26)6-16(22)10-27)15-2-4-31(5-3-15)18-12-34-13-18/h6,8-10,15,17-19,27H,2-5,7,11-14H2,1H3,(H,28,29,30). The highest BCUT2D eigenvalue weighted by Crippen LogP contribution is 2.38. The van der Waals surface area contributed by atoms with Gasteiger partial charge in [-0.2, -0.15) is 9.97 Å². The number of piperidine rings is 1. The van der Waals surface area contributed by atoms with Crippen molar-refractivity contribution < 1.29 is 14.2 Å². The average molecular weight is 499 g/mol. The van der Waals surface area contributed by atoms with E-state index in [1.807, 2.05) is 12.1 Å². The summed E-state index contributed by atoms with van der Waals surface area (Å²) in [7, 11) is 1.58. The zero-order valence-electron chi connectivity index (χ0n) is 19.9. The van der Waals surface area contributed by atoms with E-state index in [9.17, 15) is 0 Å². The molecule has 4 saturated heterocycles. The highest BCUT2D eigenvalue weighted by molar-refractivity contribution is 6.32. The molecule has 0 amide bonds. The summed E-state index contributed by atoms with van der Waals surface area (Å²) in [4.78, 5) is 13.9. The van der Waals surface area contributed by atoms with Crippen molar-refractivity contribution in [2.75, 3.05) is 56.8 Å². The van der Waals surface area contributed by atoms with Crippen LogP contribution in [0.1, 0.15) is 36.3 Å². The normalized spacial score (nSPS) is 25.0. The van der Waals surface area contributed by atoms with Crippen LogP contribution in [0.5, 0.6) is 6.01 Å². The minimum Gasteiger partial charge on any atom is -0.467 e. The largest absolute Gasteiger partial charge is 0.467 e. The van der Waals surface area contributed by atoms with Gasteiger partial charge in [0, 0.05) is 35.1 Å². The molecule has 6 rings (SSSR count). The van der Waals surface area contributed by atoms with Gasteiger partial charge >= 0.3 is 6.01 Å². The molecule has 2 atom stereocenters. The Kier molecular flexibility index (Phi) is 6.26. The van der Waals surface area contributed by atoms with Gasteiger partial charge in [-0.15, -0.1) is 0 Å². The first-order valence-corrected chi connectivity index (χ1v) is 12.7. The van der Waals surface area contributed by atoms with Crippen molar-refractivity contribution in [1.29, 1.82) is 5.41 Å². The van der Waals surface area contributed by atoms with Crippen molar-refractivity contribution in [3.63, 3.8) is 0 Å². The Labute approximate surface area is 210 Å². The summed E-state index contributed by atoms with van der Waals surface area (Å²) in [5, 5.41) is 12.1. The van der Waals surface area contributed by atoms with Gasteiger partial charge in [0.15, 0.2) is 0 Å². The van der Waals surface area contributed by atoms with E-state index in [0.29, 0.717) is 34.9 Å². The monoisotopic (exact) mass is 498 g/mol. The van der Waals surface area contributed by atoms with E-state index in [2.05, 4.69) is 31.2 Å². The number of halogens is 1. The second kappa shape index (κ2) is 9.54. The molecule has 2 unspecified atom stereocenters. The second-order valence-corrected chi connectivity index (χ2v) is 10.2. The fraction of sp³-hybridized carbons (Fsp3) is 0.560. The summed E-state index contributed by atoms with van der Waals surface area (Å²) in [6.45, 7) is 5.36. The number of aromatic nitrogens is 2. The predicted octanol–water partition coefficient (Wildman–Crippen LogP) is 3.44. The number of rotatable bonds is 7. The Morgan fingerprint density at radius 2 is 1.97 bits per heavy atom. The summed E-state index contributed by atoms with van der Waals surface area (Å²) < 4.78 is 16.5. The van der Waals surface area contributed by atoms with Crippen molar-refractivity contribution in [3.8, 4) is 6.01 Å². The maximum atomic E-state index is 7.95. The fourth-order valence-electron chi connectivity index (χ4n) is 5.69. The lowest BCUT2D eigenvalue weighted by molar-refractivity contribution is -0.0712. The lowest BCUT2D eigenvalue weighted by Gasteiger charge is -2.41. The molecule has 35 heavy (non-hydrogen) atoms. The van der Waals surface area contributed by atoms with Crippen LogP contribution in [0.15, 0.2) is 18.2 Å². The summed E-state index contributed by atoms with van der Waals surface area (Å²) >= 11 is 6.72. The summed E-state index contributed by atoms with van der Waals surface area (Å²) in [5.74, 6) is 1.84. The van der Waals surface area contributed by atoms with Crippen LogP contribution in [-0.4, -0.2) is 85.8 Å². The number of methoxy groups -OCH3 is 1. The van der Waals surface area contributed by atoms with Crippen LogP contribution < -0.4 is 15.0 Å². The van der Waals surface area contributed by atoms with Crippen LogP contribution >= 0.6 is 11.6 Å². The van der Waals surface area contributed by atoms with Crippen LogP contribution in [-0.2, 0) is 9.47 Å². The molecule has 0 saturated carbocycles. The lowest BCUT2D eigenvalue weighted by atomic mass is 9.87. The van der Waals surface area contributed by atoms with Crippen LogP contribution in [0.2, 0.25) is 5.02 Å². The number of likely N-dealkylation sites (tertiary alicyclic amines) is 1. The van der Waals surface area contributed by atoms with Gasteiger partial charge in [-0.25, -0.2) is 0 Å². The minimum atomic E-state index is 0.268. The Morgan fingerprint density at radius 1 is 1.14 bits per heavy atom. The number of hydrogen-bond donors (Lipinski definition) is 2. The van der Waals surface area contributed by atoms with Crippen molar-refractivity contribution in [3.05, 3.63) is 34.3 Å². The van der Waals surface area contributed by atoms with Crippen molar-refractivity contribution in [1.82, 2.24) is 14.9 Å². The van der Waals surface area contributed by atoms with Crippen molar-refractivity contribution in [2.24, 2.45) is 0 Å². The zero-order valence-corrected chi connectivity index (χ0v) is 20.6. The first-order valence-electron chi connectivity index (χ1n) is 12.4. The maximum absolute atomic E-state index is 7.95. The summed E-state index contributed by atoms with van der Waals surface area (Å²) in [6.07, 6.45) is 4.74. The third-order valence-electron chi connectivity index (χ3n) is 7.76. The molecule has 1 aromatic heterocycles. The first kappa shape index (κ1) is 23.0. The van der Waals surface area contributed by atoms with E-state index < -0.39 is 0 Å². The van der Waals surface area contributed by atoms with Gasteiger partial charge < -0.3 is 29.8 Å². The van der Waals surface area contributed by atoms with Gasteiger partial charge in [-0.05, 0) is 56.0 Å². The molecule has 2 N–H and O–H groups in total. The molecule has 1 aromatic carbocycles. The Bertz CT molecular complexity index is 1100. The second-order valence-electron chi connectivity index (χ2n) is 9.83. The van der Waals surface area contributed by atoms with Gasteiger partial charge in [-0.1, -0.05) is 11.6 Å². The van der Waals surface area contributed by atoms with Gasteiger partial charge in [0.2, 0.25) is 0 Å². The number of hydrogen-bond acceptors (Lipinski definition) is 9. The van der Waals surface area contributed by atoms with E-state index in [1.165, 1.54) is 6.21 Å². The molecule has 2 bridgehead atoms. The van der Waals surface area contributed by atoms with Crippen molar-refractivity contribution in [2.45, 2.75) is 43.4 Å². The fourth-order valence-corrected chi connectivity index (χ4v) is 6.02. The molecular formula is C25H31ClN6O3. The molecule has 5 heterocycles. The average Bonchev–Trinajstić information content (AvgIpc) is 3.48. The van der Waals surface area contributed by atoms with Crippen LogP contribution in [0, 0.1) is 5.41 Å². The van der Waals surface area contributed by atoms with Gasteiger partial charge in [0.1, 0.15) is 11.6 Å². The van der Waals surface area contributed by atoms with Crippen LogP contribution in [0.3, 0.4) is 0 Å². The van der Waals surface area contributed by atoms with Crippen LogP contribution in [0.25, 0.3) is 0 Å². The third-order valence-corrected chi connectivity index (χ3v) is 8.09. The summed E-state index contributed by atoms with van der Waals surface area (Å²) in [5.41, 5.74) is 2.65. The molecule has 4 aliphatic heterocycles. The van der Waals surface area contributed by atoms with E-state index in [4.69, 9.17) is 31.2 Å². The van der Waals surface area contributed by atoms with Gasteiger partial charge in [0.25, 0.3) is 0 Å². The molecule has 186 valence electrons. The first-order chi connectivity index (χ1) is 17.1. The number of benzene rings is 1. The smallest absolute Gasteiger partial charge is 0.320 e. The Balaban J connectivity index is 1.25. The molecule has 4 fully saturated rings. The molecule has 0 spiro atoms. The highest BCUT2D eigenvalue weighted by Gasteiger charge is 2.40. The maximum Gasteiger partial charge on any atom is 0.320 e. The molecule has 9 nitrogen and oxygen atoms in total. The molecule has 2 aromatic rings. The SMILES string of the molecule is COc1nc(Nc2cc(C3CCN(C4COC4)CC3)c(Cl)cc2C=N)cc(N2CC3CC2CO3)n1. The Morgan fingerprint density at radius 3 is 2.60 bits per heavy atom. The molecule has 0 radical (unpaired) electrons. The Hall–Kier alpha value is -2.46. The van der Waals surface area contributed by atoms with Crippen LogP contribution in [0.4, 0.5) is 17.3 Å². The number of ether oxygens (including phenoxy) is 3. The van der Waals surface area contributed by atoms with E-state index in [-0.39, 0.29) is 6.10 Å². The van der Waals surface area contributed by atoms with E-state index in [0.717, 1.165) is 81.3 Å². The van der Waals surface area contributed by atoms with E-state index in [1.54, 1.807) is 7.11 Å². The zero-order chi connectivity index (χ0) is 23.9. The highest BCUT2D eigenvalue weighted by atomic mass is 35.5. The van der Waals surface area contributed by atoms with Gasteiger partial charge in [0.05, 0.1) is 45.1 Å². The number of nitrogens with one attached hydrogen (secondary N) is 2. The topological polar surface area (TPSA) is 95.8 Å². The third kappa shape index (κ3) is 4.46. The quantitative estimate of drug-likeness (QED) is 0.560. The lowest BCUT2D eigenvalue weighted by Crippen LogP contribution is -2.51. The summed E-state index contributed by atoms with van der Waals surface area (Å²) in [6, 6.07) is 7.15. The minimum absolute atomic E-state index is 0.268. The molecule has 4 aliphatic rings. The van der Waals surface area contributed by atoms with E-state index >= 15 is 0 Å². The number of anilines is 3.